The first-order chi connectivity index (χ1) is 10.9. The lowest BCUT2D eigenvalue weighted by Gasteiger charge is -2.14. The van der Waals surface area contributed by atoms with Crippen molar-refractivity contribution in [3.63, 3.8) is 0 Å². The van der Waals surface area contributed by atoms with Crippen LogP contribution in [-0.2, 0) is 14.4 Å². The van der Waals surface area contributed by atoms with Crippen molar-refractivity contribution in [3.8, 4) is 5.75 Å². The molecule has 0 bridgehead atoms. The fraction of sp³-hybridized carbons (Fsp3) is 0.286. The highest BCUT2D eigenvalue weighted by atomic mass is 32.2. The van der Waals surface area contributed by atoms with E-state index < -0.39 is 28.3 Å². The molecule has 9 heteroatoms. The van der Waals surface area contributed by atoms with Crippen LogP contribution < -0.4 is 10.2 Å². The van der Waals surface area contributed by atoms with Crippen molar-refractivity contribution in [2.75, 3.05) is 11.4 Å². The second-order valence-corrected chi connectivity index (χ2v) is 5.92. The number of amides is 3. The summed E-state index contributed by atoms with van der Waals surface area (Å²) in [5, 5.41) is 18.9. The third-order valence-corrected chi connectivity index (χ3v) is 4.08. The second kappa shape index (κ2) is 7.14. The molecule has 1 heterocycles. The monoisotopic (exact) mass is 338 g/mol. The minimum absolute atomic E-state index is 0.0377. The Morgan fingerprint density at radius 2 is 2.04 bits per heavy atom. The Balaban J connectivity index is 1.98. The van der Waals surface area contributed by atoms with Gasteiger partial charge in [0.05, 0.1) is 12.1 Å². The van der Waals surface area contributed by atoms with Crippen molar-refractivity contribution >= 4 is 40.5 Å². The summed E-state index contributed by atoms with van der Waals surface area (Å²) in [6, 6.07) is 5.70. The number of phenolic OH excluding ortho intramolecular Hbond substituents is 1. The lowest BCUT2D eigenvalue weighted by molar-refractivity contribution is -0.137. The summed E-state index contributed by atoms with van der Waals surface area (Å²) in [4.78, 5) is 47.2. The summed E-state index contributed by atoms with van der Waals surface area (Å²) < 4.78 is 0. The molecule has 8 nitrogen and oxygen atoms in total. The van der Waals surface area contributed by atoms with E-state index in [9.17, 15) is 24.3 Å². The van der Waals surface area contributed by atoms with E-state index >= 15 is 0 Å². The van der Waals surface area contributed by atoms with E-state index in [1.54, 1.807) is 0 Å². The molecule has 122 valence electrons. The maximum absolute atomic E-state index is 12.3. The third-order valence-electron chi connectivity index (χ3n) is 3.04. The number of carboxylic acid groups (broad SMARTS) is 1. The summed E-state index contributed by atoms with van der Waals surface area (Å²) >= 11 is 0.729. The molecule has 1 aromatic carbocycles. The summed E-state index contributed by atoms with van der Waals surface area (Å²) in [6.45, 7) is -0.0377. The number of aliphatic carboxylic acids is 1. The van der Waals surface area contributed by atoms with Crippen LogP contribution >= 0.6 is 11.8 Å². The largest absolute Gasteiger partial charge is 0.508 e. The Labute approximate surface area is 135 Å². The van der Waals surface area contributed by atoms with E-state index in [0.29, 0.717) is 0 Å². The van der Waals surface area contributed by atoms with Crippen LogP contribution in [0.2, 0.25) is 0 Å². The standard InChI is InChI=1S/C14H14N2O6S/c17-9-3-1-2-8(6-9)16-13(21)10(23-14(16)22)7-11(18)15-5-4-12(19)20/h1-3,6,10,17H,4-5,7H2,(H,15,18)(H,19,20). The average Bonchev–Trinajstić information content (AvgIpc) is 2.73. The average molecular weight is 338 g/mol. The normalized spacial score (nSPS) is 17.4. The Morgan fingerprint density at radius 3 is 2.70 bits per heavy atom. The number of carbonyl (C=O) groups excluding carboxylic acids is 3. The van der Waals surface area contributed by atoms with Gasteiger partial charge in [0.15, 0.2) is 0 Å². The molecule has 3 amide bonds. The van der Waals surface area contributed by atoms with Gasteiger partial charge >= 0.3 is 5.97 Å². The van der Waals surface area contributed by atoms with Gasteiger partial charge < -0.3 is 15.5 Å². The number of carbonyl (C=O) groups is 4. The minimum atomic E-state index is -1.04. The molecule has 0 aromatic heterocycles. The van der Waals surface area contributed by atoms with Crippen LogP contribution in [0.4, 0.5) is 10.5 Å². The molecule has 1 fully saturated rings. The smallest absolute Gasteiger partial charge is 0.305 e. The zero-order valence-electron chi connectivity index (χ0n) is 11.9. The van der Waals surface area contributed by atoms with Crippen molar-refractivity contribution in [2.24, 2.45) is 0 Å². The number of anilines is 1. The van der Waals surface area contributed by atoms with Gasteiger partial charge in [-0.05, 0) is 23.9 Å². The van der Waals surface area contributed by atoms with Crippen molar-refractivity contribution in [2.45, 2.75) is 18.1 Å². The number of thioether (sulfide) groups is 1. The fourth-order valence-corrected chi connectivity index (χ4v) is 2.99. The summed E-state index contributed by atoms with van der Waals surface area (Å²) in [6.07, 6.45) is -0.435. The number of nitrogens with zero attached hydrogens (tertiary/aromatic N) is 1. The van der Waals surface area contributed by atoms with Crippen LogP contribution in [0.15, 0.2) is 24.3 Å². The Kier molecular flexibility index (Phi) is 5.22. The number of hydrogen-bond acceptors (Lipinski definition) is 6. The van der Waals surface area contributed by atoms with Crippen LogP contribution in [-0.4, -0.2) is 45.0 Å². The van der Waals surface area contributed by atoms with E-state index in [0.717, 1.165) is 16.7 Å². The molecular formula is C14H14N2O6S. The van der Waals surface area contributed by atoms with Gasteiger partial charge in [-0.3, -0.25) is 19.2 Å². The molecule has 1 aromatic rings. The predicted octanol–water partition coefficient (Wildman–Crippen LogP) is 0.942. The van der Waals surface area contributed by atoms with Crippen molar-refractivity contribution < 1.29 is 29.4 Å². The molecule has 1 aliphatic rings. The van der Waals surface area contributed by atoms with Gasteiger partial charge in [-0.15, -0.1) is 0 Å². The van der Waals surface area contributed by atoms with E-state index in [1.165, 1.54) is 24.3 Å². The van der Waals surface area contributed by atoms with Crippen LogP contribution in [0.25, 0.3) is 0 Å². The molecular weight excluding hydrogens is 324 g/mol. The molecule has 1 saturated heterocycles. The van der Waals surface area contributed by atoms with Crippen LogP contribution in [0.1, 0.15) is 12.8 Å². The first-order valence-electron chi connectivity index (χ1n) is 6.70. The number of aromatic hydroxyl groups is 1. The highest BCUT2D eigenvalue weighted by Crippen LogP contribution is 2.34. The first-order valence-corrected chi connectivity index (χ1v) is 7.58. The SMILES string of the molecule is O=C(O)CCNC(=O)CC1SC(=O)N(c2cccc(O)c2)C1=O. The molecule has 0 spiro atoms. The number of rotatable bonds is 6. The molecule has 3 N–H and O–H groups in total. The first kappa shape index (κ1) is 16.8. The Morgan fingerprint density at radius 1 is 1.30 bits per heavy atom. The van der Waals surface area contributed by atoms with Gasteiger partial charge in [-0.1, -0.05) is 6.07 Å². The van der Waals surface area contributed by atoms with E-state index in [1.807, 2.05) is 0 Å². The quantitative estimate of drug-likeness (QED) is 0.705. The van der Waals surface area contributed by atoms with E-state index in [4.69, 9.17) is 5.11 Å². The lowest BCUT2D eigenvalue weighted by Crippen LogP contribution is -2.34. The number of nitrogens with one attached hydrogen (secondary N) is 1. The molecule has 0 radical (unpaired) electrons. The number of imide groups is 1. The van der Waals surface area contributed by atoms with Gasteiger partial charge in [0.2, 0.25) is 11.8 Å². The van der Waals surface area contributed by atoms with Gasteiger partial charge in [0, 0.05) is 19.0 Å². The minimum Gasteiger partial charge on any atom is -0.508 e. The molecule has 2 rings (SSSR count). The number of hydrogen-bond donors (Lipinski definition) is 3. The zero-order chi connectivity index (χ0) is 17.0. The van der Waals surface area contributed by atoms with Crippen LogP contribution in [0.3, 0.4) is 0 Å². The Bertz CT molecular complexity index is 662. The van der Waals surface area contributed by atoms with Gasteiger partial charge in [0.1, 0.15) is 11.0 Å². The number of phenols is 1. The van der Waals surface area contributed by atoms with E-state index in [-0.39, 0.29) is 30.8 Å². The molecule has 1 atom stereocenters. The molecule has 1 unspecified atom stereocenters. The fourth-order valence-electron chi connectivity index (χ4n) is 2.00. The van der Waals surface area contributed by atoms with Crippen molar-refractivity contribution in [1.29, 1.82) is 0 Å². The summed E-state index contributed by atoms with van der Waals surface area (Å²) in [5.74, 6) is -2.16. The van der Waals surface area contributed by atoms with Gasteiger partial charge in [-0.2, -0.15) is 0 Å². The highest BCUT2D eigenvalue weighted by Gasteiger charge is 2.41. The van der Waals surface area contributed by atoms with E-state index in [2.05, 4.69) is 5.32 Å². The molecule has 23 heavy (non-hydrogen) atoms. The molecule has 0 aliphatic carbocycles. The summed E-state index contributed by atoms with van der Waals surface area (Å²) in [5.41, 5.74) is 0.237. The van der Waals surface area contributed by atoms with Crippen LogP contribution in [0, 0.1) is 0 Å². The van der Waals surface area contributed by atoms with Crippen molar-refractivity contribution in [3.05, 3.63) is 24.3 Å². The maximum atomic E-state index is 12.3. The zero-order valence-corrected chi connectivity index (χ0v) is 12.7. The Hall–Kier alpha value is -2.55. The second-order valence-electron chi connectivity index (χ2n) is 4.76. The number of carboxylic acids is 1. The van der Waals surface area contributed by atoms with Gasteiger partial charge in [0.25, 0.3) is 5.24 Å². The molecule has 1 aliphatic heterocycles. The van der Waals surface area contributed by atoms with Crippen molar-refractivity contribution in [1.82, 2.24) is 5.32 Å². The predicted molar refractivity (Wildman–Crippen MR) is 82.2 cm³/mol. The number of benzene rings is 1. The van der Waals surface area contributed by atoms with Gasteiger partial charge in [-0.25, -0.2) is 4.90 Å². The topological polar surface area (TPSA) is 124 Å². The maximum Gasteiger partial charge on any atom is 0.305 e. The highest BCUT2D eigenvalue weighted by molar-refractivity contribution is 8.15. The summed E-state index contributed by atoms with van der Waals surface area (Å²) in [7, 11) is 0. The lowest BCUT2D eigenvalue weighted by atomic mass is 10.2. The van der Waals surface area contributed by atoms with Crippen LogP contribution in [0.5, 0.6) is 5.75 Å². The molecule has 0 saturated carbocycles. The third kappa shape index (κ3) is 4.22.